The topological polar surface area (TPSA) is 140 Å². The number of aryl methyl sites for hydroxylation is 1. The van der Waals surface area contributed by atoms with Crippen LogP contribution in [-0.4, -0.2) is 42.3 Å². The number of anilines is 1. The van der Waals surface area contributed by atoms with E-state index in [2.05, 4.69) is 10.0 Å². The summed E-state index contributed by atoms with van der Waals surface area (Å²) in [5.74, 6) is 0.677. The quantitative estimate of drug-likeness (QED) is 0.0861. The summed E-state index contributed by atoms with van der Waals surface area (Å²) in [6.07, 6.45) is -0.803. The number of hydrogen-bond acceptors (Lipinski definition) is 9. The molecule has 1 saturated heterocycles. The molecule has 8 rings (SSSR count). The van der Waals surface area contributed by atoms with Crippen LogP contribution in [0, 0.1) is 6.92 Å². The zero-order chi connectivity index (χ0) is 42.2. The lowest BCUT2D eigenvalue weighted by Gasteiger charge is -2.36. The second-order valence-electron chi connectivity index (χ2n) is 14.8. The molecule has 12 heteroatoms. The number of oxazole rings is 1. The van der Waals surface area contributed by atoms with Crippen molar-refractivity contribution in [3.05, 3.63) is 192 Å². The van der Waals surface area contributed by atoms with Gasteiger partial charge in [-0.25, -0.2) is 13.4 Å². The molecule has 1 amide bonds. The minimum atomic E-state index is -4.04. The van der Waals surface area contributed by atoms with Crippen LogP contribution in [0.15, 0.2) is 178 Å². The first-order chi connectivity index (χ1) is 29.7. The first-order valence-corrected chi connectivity index (χ1v) is 22.5. The van der Waals surface area contributed by atoms with Crippen LogP contribution in [0.2, 0.25) is 0 Å². The Labute approximate surface area is 360 Å². The molecular formula is C49H45N3O7S2. The summed E-state index contributed by atoms with van der Waals surface area (Å²) in [5, 5.41) is 13.2. The Hall–Kier alpha value is -5.86. The molecule has 3 N–H and O–H groups in total. The summed E-state index contributed by atoms with van der Waals surface area (Å²) in [7, 11) is -4.04. The Morgan fingerprint density at radius 3 is 2.13 bits per heavy atom. The van der Waals surface area contributed by atoms with E-state index in [-0.39, 0.29) is 30.1 Å². The highest BCUT2D eigenvalue weighted by molar-refractivity contribution is 7.99. The number of ether oxygens (including phenoxy) is 2. The average Bonchev–Trinajstić information content (AvgIpc) is 3.74. The minimum Gasteiger partial charge on any atom is -0.431 e. The number of thioether (sulfide) groups is 1. The van der Waals surface area contributed by atoms with Gasteiger partial charge in [-0.2, -0.15) is 4.72 Å². The molecule has 61 heavy (non-hydrogen) atoms. The maximum atomic E-state index is 14.0. The maximum Gasteiger partial charge on any atom is 0.256 e. The van der Waals surface area contributed by atoms with Crippen LogP contribution >= 0.6 is 11.8 Å². The number of rotatable bonds is 15. The predicted molar refractivity (Wildman–Crippen MR) is 237 cm³/mol. The number of nitrogens with zero attached hydrogens (tertiary/aromatic N) is 1. The summed E-state index contributed by atoms with van der Waals surface area (Å²) in [6, 6.07) is 49.4. The fourth-order valence-electron chi connectivity index (χ4n) is 7.13. The maximum absolute atomic E-state index is 14.0. The molecule has 0 radical (unpaired) electrons. The second-order valence-corrected chi connectivity index (χ2v) is 17.5. The van der Waals surface area contributed by atoms with Crippen molar-refractivity contribution in [3.8, 4) is 22.6 Å². The van der Waals surface area contributed by atoms with Crippen LogP contribution in [0.3, 0.4) is 0 Å². The van der Waals surface area contributed by atoms with E-state index in [0.29, 0.717) is 34.4 Å². The number of aliphatic hydroxyl groups excluding tert-OH is 1. The van der Waals surface area contributed by atoms with Crippen molar-refractivity contribution in [2.45, 2.75) is 61.0 Å². The molecule has 7 aromatic rings. The molecule has 10 nitrogen and oxygen atoms in total. The van der Waals surface area contributed by atoms with Crippen molar-refractivity contribution in [2.24, 2.45) is 0 Å². The Morgan fingerprint density at radius 2 is 1.44 bits per heavy atom. The standard InChI is InChI=1S/C49H45N3O7S2/c1-33-20-26-42(27-21-33)61(55,56)52-43(28-34-12-5-2-6-13-34)47(54)50-40-19-11-18-39(29-40)48-57-41(30-44(58-48)36-24-22-35(31-53)23-25-36)32-60-49-51-45(37-14-7-3-8-15-37)46(59-49)38-16-9-4-10-17-38/h2-27,29,41,43-44,48,52-53H,28,30-32H2,1H3,(H,50,54). The van der Waals surface area contributed by atoms with Gasteiger partial charge in [0.2, 0.25) is 15.9 Å². The van der Waals surface area contributed by atoms with Gasteiger partial charge in [0.1, 0.15) is 11.7 Å². The van der Waals surface area contributed by atoms with Gasteiger partial charge < -0.3 is 24.3 Å². The molecule has 1 aromatic heterocycles. The molecule has 0 spiro atoms. The fourth-order valence-corrected chi connectivity index (χ4v) is 9.17. The zero-order valence-corrected chi connectivity index (χ0v) is 35.0. The molecule has 1 aliphatic rings. The van der Waals surface area contributed by atoms with E-state index in [1.165, 1.54) is 23.9 Å². The number of nitrogens with one attached hydrogen (secondary N) is 2. The van der Waals surface area contributed by atoms with Crippen molar-refractivity contribution in [1.29, 1.82) is 0 Å². The van der Waals surface area contributed by atoms with Crippen molar-refractivity contribution < 1.29 is 32.2 Å². The summed E-state index contributed by atoms with van der Waals surface area (Å²) in [6.45, 7) is 1.81. The van der Waals surface area contributed by atoms with Gasteiger partial charge in [0.25, 0.3) is 5.22 Å². The molecule has 1 aliphatic heterocycles. The third-order valence-corrected chi connectivity index (χ3v) is 12.8. The summed E-state index contributed by atoms with van der Waals surface area (Å²) in [5.41, 5.74) is 7.20. The van der Waals surface area contributed by atoms with Gasteiger partial charge in [-0.15, -0.1) is 0 Å². The fraction of sp³-hybridized carbons (Fsp3) is 0.184. The molecule has 6 aromatic carbocycles. The van der Waals surface area contributed by atoms with Gasteiger partial charge in [0.05, 0.1) is 23.7 Å². The summed E-state index contributed by atoms with van der Waals surface area (Å²) in [4.78, 5) is 19.0. The lowest BCUT2D eigenvalue weighted by atomic mass is 10.0. The molecule has 0 bridgehead atoms. The van der Waals surface area contributed by atoms with E-state index in [1.54, 1.807) is 30.3 Å². The Morgan fingerprint density at radius 1 is 0.770 bits per heavy atom. The van der Waals surface area contributed by atoms with E-state index < -0.39 is 28.3 Å². The lowest BCUT2D eigenvalue weighted by Crippen LogP contribution is -2.45. The monoisotopic (exact) mass is 851 g/mol. The predicted octanol–water partition coefficient (Wildman–Crippen LogP) is 9.68. The molecule has 0 saturated carbocycles. The number of hydrogen-bond donors (Lipinski definition) is 3. The van der Waals surface area contributed by atoms with Crippen LogP contribution in [-0.2, 0) is 37.3 Å². The van der Waals surface area contributed by atoms with E-state index in [4.69, 9.17) is 18.9 Å². The summed E-state index contributed by atoms with van der Waals surface area (Å²) >= 11 is 1.47. The molecule has 2 heterocycles. The molecule has 0 aliphatic carbocycles. The van der Waals surface area contributed by atoms with Crippen LogP contribution in [0.1, 0.15) is 46.6 Å². The lowest BCUT2D eigenvalue weighted by molar-refractivity contribution is -0.245. The summed E-state index contributed by atoms with van der Waals surface area (Å²) < 4.78 is 49.4. The van der Waals surface area contributed by atoms with E-state index in [1.807, 2.05) is 128 Å². The van der Waals surface area contributed by atoms with E-state index >= 15 is 0 Å². The van der Waals surface area contributed by atoms with E-state index in [0.717, 1.165) is 39.1 Å². The number of amides is 1. The van der Waals surface area contributed by atoms with Crippen molar-refractivity contribution in [3.63, 3.8) is 0 Å². The first kappa shape index (κ1) is 41.9. The second kappa shape index (κ2) is 19.2. The van der Waals surface area contributed by atoms with Gasteiger partial charge in [0.15, 0.2) is 12.1 Å². The van der Waals surface area contributed by atoms with Gasteiger partial charge in [-0.05, 0) is 54.3 Å². The third kappa shape index (κ3) is 10.5. The number of sulfonamides is 1. The Bertz CT molecular complexity index is 2590. The van der Waals surface area contributed by atoms with Crippen molar-refractivity contribution in [2.75, 3.05) is 11.1 Å². The largest absolute Gasteiger partial charge is 0.431 e. The number of carbonyl (C=O) groups is 1. The molecule has 1 fully saturated rings. The third-order valence-electron chi connectivity index (χ3n) is 10.4. The van der Waals surface area contributed by atoms with Crippen LogP contribution < -0.4 is 10.0 Å². The first-order valence-electron chi connectivity index (χ1n) is 20.0. The number of aromatic nitrogens is 1. The van der Waals surface area contributed by atoms with Crippen LogP contribution in [0.4, 0.5) is 5.69 Å². The normalized spacial score (nSPS) is 17.1. The van der Waals surface area contributed by atoms with Crippen molar-refractivity contribution in [1.82, 2.24) is 9.71 Å². The zero-order valence-electron chi connectivity index (χ0n) is 33.4. The van der Waals surface area contributed by atoms with Gasteiger partial charge >= 0.3 is 0 Å². The number of benzene rings is 6. The smallest absolute Gasteiger partial charge is 0.256 e. The number of carbonyl (C=O) groups excluding carboxylic acids is 1. The van der Waals surface area contributed by atoms with Gasteiger partial charge in [-0.3, -0.25) is 4.79 Å². The highest BCUT2D eigenvalue weighted by atomic mass is 32.2. The molecule has 310 valence electrons. The Kier molecular flexibility index (Phi) is 13.2. The highest BCUT2D eigenvalue weighted by Crippen LogP contribution is 2.41. The highest BCUT2D eigenvalue weighted by Gasteiger charge is 2.33. The molecular weight excluding hydrogens is 807 g/mol. The minimum absolute atomic E-state index is 0.0684. The van der Waals surface area contributed by atoms with E-state index in [9.17, 15) is 18.3 Å². The molecule has 4 unspecified atom stereocenters. The average molecular weight is 852 g/mol. The number of aliphatic hydroxyl groups is 1. The molecule has 4 atom stereocenters. The van der Waals surface area contributed by atoms with Crippen LogP contribution in [0.25, 0.3) is 22.6 Å². The van der Waals surface area contributed by atoms with Gasteiger partial charge in [0, 0.05) is 34.6 Å². The van der Waals surface area contributed by atoms with Crippen molar-refractivity contribution >= 4 is 33.4 Å². The van der Waals surface area contributed by atoms with Crippen LogP contribution in [0.5, 0.6) is 0 Å². The van der Waals surface area contributed by atoms with Gasteiger partial charge in [-0.1, -0.05) is 157 Å². The SMILES string of the molecule is Cc1ccc(S(=O)(=O)NC(Cc2ccccc2)C(=O)Nc2cccc(C3OC(CSc4nc(-c5ccccc5)c(-c5ccccc5)o4)CC(c4ccc(CO)cc4)O3)c2)cc1. The Balaban J connectivity index is 1.03.